The third-order valence-electron chi connectivity index (χ3n) is 6.59. The highest BCUT2D eigenvalue weighted by molar-refractivity contribution is 6.03. The van der Waals surface area contributed by atoms with E-state index in [0.717, 1.165) is 50.6 Å². The topological polar surface area (TPSA) is 87.5 Å². The molecule has 0 spiro atoms. The maximum atomic E-state index is 13.0. The molecule has 2 fully saturated rings. The van der Waals surface area contributed by atoms with Crippen molar-refractivity contribution >= 4 is 33.9 Å². The molecule has 2 saturated heterocycles. The number of anilines is 3. The van der Waals surface area contributed by atoms with Gasteiger partial charge < -0.3 is 33.9 Å². The highest BCUT2D eigenvalue weighted by Crippen LogP contribution is 2.32. The van der Waals surface area contributed by atoms with Gasteiger partial charge in [-0.1, -0.05) is 13.8 Å². The largest absolute Gasteiger partial charge is 0.497 e. The first kappa shape index (κ1) is 26.5. The Kier molecular flexibility index (Phi) is 8.68. The predicted molar refractivity (Wildman–Crippen MR) is 148 cm³/mol. The molecule has 3 heterocycles. The summed E-state index contributed by atoms with van der Waals surface area (Å²) < 4.78 is 16.9. The first-order valence-electron chi connectivity index (χ1n) is 12.9. The summed E-state index contributed by atoms with van der Waals surface area (Å²) in [5.41, 5.74) is 2.58. The number of nitrogens with one attached hydrogen (secondary N) is 1. The van der Waals surface area contributed by atoms with Gasteiger partial charge in [-0.2, -0.15) is 0 Å². The quantitative estimate of drug-likeness (QED) is 0.559. The molecule has 9 nitrogen and oxygen atoms in total. The van der Waals surface area contributed by atoms with E-state index in [4.69, 9.17) is 13.9 Å². The normalized spacial score (nSPS) is 16.2. The van der Waals surface area contributed by atoms with Crippen LogP contribution in [-0.2, 0) is 4.74 Å². The molecule has 5 rings (SSSR count). The summed E-state index contributed by atoms with van der Waals surface area (Å²) in [5.74, 6) is 0.0832. The van der Waals surface area contributed by atoms with Crippen LogP contribution in [0, 0.1) is 0 Å². The molecule has 2 aliphatic rings. The minimum absolute atomic E-state index is 0.0275. The van der Waals surface area contributed by atoms with Crippen LogP contribution in [0.5, 0.6) is 5.75 Å². The zero-order valence-corrected chi connectivity index (χ0v) is 22.1. The van der Waals surface area contributed by atoms with E-state index in [-0.39, 0.29) is 11.2 Å². The van der Waals surface area contributed by atoms with Crippen LogP contribution in [0.2, 0.25) is 0 Å². The number of nitrogens with zero attached hydrogens (tertiary/aromatic N) is 3. The molecule has 2 aliphatic heterocycles. The van der Waals surface area contributed by atoms with E-state index >= 15 is 0 Å². The minimum Gasteiger partial charge on any atom is -0.497 e. The third kappa shape index (κ3) is 6.06. The van der Waals surface area contributed by atoms with Crippen molar-refractivity contribution < 1.29 is 18.7 Å². The molecule has 0 aliphatic carbocycles. The van der Waals surface area contributed by atoms with E-state index in [0.29, 0.717) is 35.6 Å². The number of benzene rings is 2. The van der Waals surface area contributed by atoms with Crippen molar-refractivity contribution in [1.29, 1.82) is 0 Å². The van der Waals surface area contributed by atoms with Gasteiger partial charge in [-0.05, 0) is 37.4 Å². The zero-order valence-electron chi connectivity index (χ0n) is 22.1. The Labute approximate surface area is 217 Å². The number of piperazine rings is 1. The number of rotatable bonds is 5. The third-order valence-corrected chi connectivity index (χ3v) is 6.59. The number of morpholine rings is 1. The number of ether oxygens (including phenoxy) is 2. The van der Waals surface area contributed by atoms with Gasteiger partial charge in [0.2, 0.25) is 0 Å². The highest BCUT2D eigenvalue weighted by atomic mass is 16.5. The molecule has 0 atom stereocenters. The maximum Gasteiger partial charge on any atom is 0.291 e. The van der Waals surface area contributed by atoms with E-state index in [1.54, 1.807) is 13.2 Å². The fourth-order valence-corrected chi connectivity index (χ4v) is 4.50. The number of carbonyl (C=O) groups excluding carboxylic acids is 1. The van der Waals surface area contributed by atoms with Gasteiger partial charge in [0.1, 0.15) is 5.75 Å². The monoisotopic (exact) mass is 508 g/mol. The molecule has 1 amide bonds. The second kappa shape index (κ2) is 12.1. The Morgan fingerprint density at radius 2 is 1.59 bits per heavy atom. The van der Waals surface area contributed by atoms with Gasteiger partial charge in [0.15, 0.2) is 16.8 Å². The Morgan fingerprint density at radius 3 is 2.24 bits per heavy atom. The second-order valence-corrected chi connectivity index (χ2v) is 8.89. The van der Waals surface area contributed by atoms with Crippen LogP contribution in [-0.4, -0.2) is 77.4 Å². The average molecular weight is 509 g/mol. The summed E-state index contributed by atoms with van der Waals surface area (Å²) in [6.45, 7) is 10.5. The Morgan fingerprint density at radius 1 is 0.919 bits per heavy atom. The molecule has 1 aromatic heterocycles. The predicted octanol–water partition coefficient (Wildman–Crippen LogP) is 3.67. The number of methoxy groups -OCH3 is 1. The van der Waals surface area contributed by atoms with Gasteiger partial charge in [-0.25, -0.2) is 0 Å². The number of likely N-dealkylation sites (N-methyl/N-ethyl adjacent to an activating group) is 1. The molecule has 3 aromatic rings. The van der Waals surface area contributed by atoms with E-state index in [9.17, 15) is 9.59 Å². The van der Waals surface area contributed by atoms with Crippen LogP contribution in [0.25, 0.3) is 11.0 Å². The molecule has 0 unspecified atom stereocenters. The van der Waals surface area contributed by atoms with Gasteiger partial charge in [-0.15, -0.1) is 0 Å². The van der Waals surface area contributed by atoms with Crippen molar-refractivity contribution in [3.63, 3.8) is 0 Å². The Bertz CT molecular complexity index is 1260. The summed E-state index contributed by atoms with van der Waals surface area (Å²) in [7, 11) is 3.65. The van der Waals surface area contributed by atoms with Crippen molar-refractivity contribution in [3.8, 4) is 5.75 Å². The lowest BCUT2D eigenvalue weighted by Gasteiger charge is -2.34. The summed E-state index contributed by atoms with van der Waals surface area (Å²) >= 11 is 0. The van der Waals surface area contributed by atoms with E-state index < -0.39 is 5.91 Å². The van der Waals surface area contributed by atoms with Crippen molar-refractivity contribution in [1.82, 2.24) is 4.90 Å². The smallest absolute Gasteiger partial charge is 0.291 e. The van der Waals surface area contributed by atoms with Crippen LogP contribution in [0.1, 0.15) is 24.4 Å². The summed E-state index contributed by atoms with van der Waals surface area (Å²) in [6, 6.07) is 12.4. The molecular formula is C28H36N4O5. The SMILES string of the molecule is CC.COc1cc(N2CCN(C)CC2)c2oc(C(=O)Nc3ccc(N4CCOCC4)cc3)cc(=O)c2c1. The molecule has 9 heteroatoms. The van der Waals surface area contributed by atoms with Gasteiger partial charge >= 0.3 is 0 Å². The van der Waals surface area contributed by atoms with Crippen molar-refractivity contribution in [2.75, 3.05) is 81.8 Å². The number of fused-ring (bicyclic) bond motifs is 1. The minimum atomic E-state index is -0.469. The molecule has 0 saturated carbocycles. The van der Waals surface area contributed by atoms with Crippen LogP contribution in [0.15, 0.2) is 51.7 Å². The van der Waals surface area contributed by atoms with Gasteiger partial charge in [0.25, 0.3) is 5.91 Å². The molecule has 37 heavy (non-hydrogen) atoms. The number of carbonyl (C=O) groups is 1. The molecule has 2 aromatic carbocycles. The van der Waals surface area contributed by atoms with Crippen LogP contribution in [0.3, 0.4) is 0 Å². The van der Waals surface area contributed by atoms with E-state index in [1.165, 1.54) is 6.07 Å². The fraction of sp³-hybridized carbons (Fsp3) is 0.429. The van der Waals surface area contributed by atoms with Crippen molar-refractivity contribution in [2.45, 2.75) is 13.8 Å². The number of hydrogen-bond acceptors (Lipinski definition) is 8. The summed E-state index contributed by atoms with van der Waals surface area (Å²) in [4.78, 5) is 32.7. The van der Waals surface area contributed by atoms with E-state index in [1.807, 2.05) is 44.2 Å². The standard InChI is InChI=1S/C26H30N4O5.C2H6/c1-28-7-9-30(10-8-28)22-16-20(33-2)15-21-23(31)17-24(35-25(21)22)26(32)27-18-3-5-19(6-4-18)29-11-13-34-14-12-29;1-2/h3-6,15-17H,7-14H2,1-2H3,(H,27,32);1-2H3. The van der Waals surface area contributed by atoms with Gasteiger partial charge in [-0.3, -0.25) is 9.59 Å². The zero-order chi connectivity index (χ0) is 26.4. The first-order valence-corrected chi connectivity index (χ1v) is 12.9. The van der Waals surface area contributed by atoms with Crippen LogP contribution >= 0.6 is 0 Å². The van der Waals surface area contributed by atoms with Crippen molar-refractivity contribution in [3.05, 3.63) is 58.4 Å². The molecule has 1 N–H and O–H groups in total. The fourth-order valence-electron chi connectivity index (χ4n) is 4.50. The number of hydrogen-bond donors (Lipinski definition) is 1. The molecule has 0 bridgehead atoms. The highest BCUT2D eigenvalue weighted by Gasteiger charge is 2.22. The second-order valence-electron chi connectivity index (χ2n) is 8.89. The molecular weight excluding hydrogens is 472 g/mol. The number of amides is 1. The summed E-state index contributed by atoms with van der Waals surface area (Å²) in [6.07, 6.45) is 0. The lowest BCUT2D eigenvalue weighted by molar-refractivity contribution is 0.0997. The van der Waals surface area contributed by atoms with Gasteiger partial charge in [0.05, 0.1) is 31.4 Å². The first-order chi connectivity index (χ1) is 18.0. The molecule has 0 radical (unpaired) electrons. The summed E-state index contributed by atoms with van der Waals surface area (Å²) in [5, 5.41) is 3.24. The lowest BCUT2D eigenvalue weighted by Crippen LogP contribution is -2.44. The Hall–Kier alpha value is -3.56. The van der Waals surface area contributed by atoms with Gasteiger partial charge in [0, 0.05) is 62.8 Å². The average Bonchev–Trinajstić information content (AvgIpc) is 2.95. The van der Waals surface area contributed by atoms with Crippen LogP contribution in [0.4, 0.5) is 17.1 Å². The van der Waals surface area contributed by atoms with Crippen LogP contribution < -0.4 is 25.3 Å². The van der Waals surface area contributed by atoms with Crippen molar-refractivity contribution in [2.24, 2.45) is 0 Å². The lowest BCUT2D eigenvalue weighted by atomic mass is 10.1. The maximum absolute atomic E-state index is 13.0. The molecule has 198 valence electrons. The Balaban J connectivity index is 0.00000156. The van der Waals surface area contributed by atoms with E-state index in [2.05, 4.69) is 27.1 Å².